The quantitative estimate of drug-likeness (QED) is 0.262. The van der Waals surface area contributed by atoms with Gasteiger partial charge in [0.05, 0.1) is 5.75 Å². The zero-order valence-corrected chi connectivity index (χ0v) is 20.4. The molecule has 0 aromatic heterocycles. The summed E-state index contributed by atoms with van der Waals surface area (Å²) in [6, 6.07) is 15.6. The minimum Gasteiger partial charge on any atom is -0.435 e. The van der Waals surface area contributed by atoms with E-state index < -0.39 is 16.6 Å². The molecular formula is C20H27F2IN4O3S. The smallest absolute Gasteiger partial charge is 0.387 e. The molecule has 0 radical (unpaired) electrons. The van der Waals surface area contributed by atoms with Crippen molar-refractivity contribution in [1.82, 2.24) is 14.9 Å². The molecule has 2 aromatic rings. The van der Waals surface area contributed by atoms with Crippen LogP contribution in [0.2, 0.25) is 0 Å². The first-order valence-electron chi connectivity index (χ1n) is 9.26. The molecule has 0 aliphatic rings. The molecule has 31 heavy (non-hydrogen) atoms. The fraction of sp³-hybridized carbons (Fsp3) is 0.350. The van der Waals surface area contributed by atoms with E-state index in [1.165, 1.54) is 12.1 Å². The molecule has 0 aliphatic heterocycles. The summed E-state index contributed by atoms with van der Waals surface area (Å²) >= 11 is 0. The number of benzene rings is 2. The highest BCUT2D eigenvalue weighted by molar-refractivity contribution is 14.0. The van der Waals surface area contributed by atoms with E-state index in [2.05, 4.69) is 19.8 Å². The molecule has 0 saturated heterocycles. The van der Waals surface area contributed by atoms with Crippen LogP contribution in [0, 0.1) is 0 Å². The van der Waals surface area contributed by atoms with E-state index in [9.17, 15) is 17.2 Å². The lowest BCUT2D eigenvalue weighted by molar-refractivity contribution is -0.0498. The Morgan fingerprint density at radius 3 is 2.32 bits per heavy atom. The van der Waals surface area contributed by atoms with Crippen LogP contribution in [0.15, 0.2) is 59.6 Å². The number of hydrogen-bond donors (Lipinski definition) is 2. The van der Waals surface area contributed by atoms with Crippen molar-refractivity contribution in [1.29, 1.82) is 0 Å². The number of hydrogen-bond acceptors (Lipinski definition) is 4. The second-order valence-corrected chi connectivity index (χ2v) is 8.40. The Hall–Kier alpha value is -1.99. The van der Waals surface area contributed by atoms with Crippen molar-refractivity contribution in [3.8, 4) is 5.75 Å². The number of aliphatic imine (C=N–C) groups is 1. The lowest BCUT2D eigenvalue weighted by atomic mass is 10.2. The standard InChI is InChI=1S/C20H26F2N4O3S.HI/c1-23-20(26(2)15-17-8-10-18(11-9-17)29-19(21)22)24-12-13-30(27,28)25-14-16-6-4-3-5-7-16;/h3-11,19,25H,12-15H2,1-2H3,(H,23,24);1H. The van der Waals surface area contributed by atoms with Gasteiger partial charge in [0.15, 0.2) is 5.96 Å². The van der Waals surface area contributed by atoms with Gasteiger partial charge in [0.1, 0.15) is 5.75 Å². The summed E-state index contributed by atoms with van der Waals surface area (Å²) in [5, 5.41) is 3.01. The molecular weight excluding hydrogens is 541 g/mol. The van der Waals surface area contributed by atoms with Crippen LogP contribution in [0.3, 0.4) is 0 Å². The van der Waals surface area contributed by atoms with E-state index >= 15 is 0 Å². The number of alkyl halides is 2. The van der Waals surface area contributed by atoms with Gasteiger partial charge in [-0.1, -0.05) is 42.5 Å². The second-order valence-electron chi connectivity index (χ2n) is 6.48. The van der Waals surface area contributed by atoms with E-state index in [0.717, 1.165) is 11.1 Å². The van der Waals surface area contributed by atoms with Crippen molar-refractivity contribution in [3.63, 3.8) is 0 Å². The number of nitrogens with one attached hydrogen (secondary N) is 2. The van der Waals surface area contributed by atoms with Gasteiger partial charge in [-0.2, -0.15) is 8.78 Å². The normalized spacial score (nSPS) is 11.7. The van der Waals surface area contributed by atoms with Crippen LogP contribution in [0.25, 0.3) is 0 Å². The van der Waals surface area contributed by atoms with Gasteiger partial charge in [0.2, 0.25) is 10.0 Å². The number of halogens is 3. The molecule has 172 valence electrons. The Labute approximate surface area is 199 Å². The topological polar surface area (TPSA) is 83.0 Å². The molecule has 0 saturated carbocycles. The molecule has 0 atom stereocenters. The molecule has 7 nitrogen and oxygen atoms in total. The number of ether oxygens (including phenoxy) is 1. The van der Waals surface area contributed by atoms with E-state index in [1.807, 2.05) is 30.3 Å². The Morgan fingerprint density at radius 1 is 1.10 bits per heavy atom. The predicted octanol–water partition coefficient (Wildman–Crippen LogP) is 3.03. The zero-order valence-electron chi connectivity index (χ0n) is 17.3. The van der Waals surface area contributed by atoms with Crippen LogP contribution in [0.1, 0.15) is 11.1 Å². The zero-order chi connectivity index (χ0) is 22.0. The third-order valence-electron chi connectivity index (χ3n) is 4.13. The van der Waals surface area contributed by atoms with Crippen molar-refractivity contribution < 1.29 is 21.9 Å². The molecule has 2 N–H and O–H groups in total. The van der Waals surface area contributed by atoms with Crippen molar-refractivity contribution in [2.75, 3.05) is 26.4 Å². The molecule has 0 amide bonds. The predicted molar refractivity (Wildman–Crippen MR) is 128 cm³/mol. The summed E-state index contributed by atoms with van der Waals surface area (Å²) in [5.74, 6) is 0.500. The summed E-state index contributed by atoms with van der Waals surface area (Å²) in [5.41, 5.74) is 1.74. The average Bonchev–Trinajstić information content (AvgIpc) is 2.71. The Balaban J connectivity index is 0.00000480. The first-order valence-corrected chi connectivity index (χ1v) is 10.9. The molecule has 2 rings (SSSR count). The van der Waals surface area contributed by atoms with Crippen molar-refractivity contribution in [3.05, 3.63) is 65.7 Å². The third kappa shape index (κ3) is 10.2. The first-order chi connectivity index (χ1) is 14.3. The van der Waals surface area contributed by atoms with E-state index in [1.54, 1.807) is 31.1 Å². The van der Waals surface area contributed by atoms with E-state index in [-0.39, 0.29) is 48.6 Å². The highest BCUT2D eigenvalue weighted by atomic mass is 127. The Bertz CT molecular complexity index is 914. The van der Waals surface area contributed by atoms with Gasteiger partial charge < -0.3 is 15.0 Å². The van der Waals surface area contributed by atoms with Gasteiger partial charge in [0, 0.05) is 33.7 Å². The van der Waals surface area contributed by atoms with E-state index in [0.29, 0.717) is 12.5 Å². The lowest BCUT2D eigenvalue weighted by Gasteiger charge is -2.22. The van der Waals surface area contributed by atoms with Crippen LogP contribution in [0.4, 0.5) is 8.78 Å². The van der Waals surface area contributed by atoms with Gasteiger partial charge >= 0.3 is 6.61 Å². The molecule has 0 bridgehead atoms. The number of rotatable bonds is 10. The molecule has 11 heteroatoms. The van der Waals surface area contributed by atoms with Crippen LogP contribution < -0.4 is 14.8 Å². The van der Waals surface area contributed by atoms with Crippen LogP contribution in [0.5, 0.6) is 5.75 Å². The van der Waals surface area contributed by atoms with Crippen molar-refractivity contribution >= 4 is 40.0 Å². The third-order valence-corrected chi connectivity index (χ3v) is 5.46. The van der Waals surface area contributed by atoms with Crippen LogP contribution in [-0.2, 0) is 23.1 Å². The van der Waals surface area contributed by atoms with Crippen LogP contribution in [-0.4, -0.2) is 52.3 Å². The fourth-order valence-electron chi connectivity index (χ4n) is 2.67. The summed E-state index contributed by atoms with van der Waals surface area (Å²) in [6.45, 7) is -1.99. The molecule has 0 unspecified atom stereocenters. The van der Waals surface area contributed by atoms with Gasteiger partial charge in [-0.3, -0.25) is 4.99 Å². The molecule has 0 spiro atoms. The summed E-state index contributed by atoms with van der Waals surface area (Å²) in [7, 11) is -0.0537. The number of guanidine groups is 1. The lowest BCUT2D eigenvalue weighted by Crippen LogP contribution is -2.41. The first kappa shape index (κ1) is 27.0. The molecule has 0 aliphatic carbocycles. The SMILES string of the molecule is CN=C(NCCS(=O)(=O)NCc1ccccc1)N(C)Cc1ccc(OC(F)F)cc1.I. The summed E-state index contributed by atoms with van der Waals surface area (Å²) in [4.78, 5) is 5.95. The van der Waals surface area contributed by atoms with Gasteiger partial charge in [-0.05, 0) is 23.3 Å². The fourth-order valence-corrected chi connectivity index (χ4v) is 3.57. The maximum Gasteiger partial charge on any atom is 0.387 e. The highest BCUT2D eigenvalue weighted by Crippen LogP contribution is 2.15. The maximum atomic E-state index is 12.2. The van der Waals surface area contributed by atoms with Crippen molar-refractivity contribution in [2.24, 2.45) is 4.99 Å². The average molecular weight is 568 g/mol. The number of nitrogens with zero attached hydrogens (tertiary/aromatic N) is 2. The second kappa shape index (κ2) is 13.4. The largest absolute Gasteiger partial charge is 0.435 e. The molecule has 0 heterocycles. The van der Waals surface area contributed by atoms with Crippen LogP contribution >= 0.6 is 24.0 Å². The minimum absolute atomic E-state index is 0. The van der Waals surface area contributed by atoms with Gasteiger partial charge in [0.25, 0.3) is 0 Å². The monoisotopic (exact) mass is 568 g/mol. The van der Waals surface area contributed by atoms with Crippen molar-refractivity contribution in [2.45, 2.75) is 19.7 Å². The highest BCUT2D eigenvalue weighted by Gasteiger charge is 2.12. The van der Waals surface area contributed by atoms with E-state index in [4.69, 9.17) is 0 Å². The van der Waals surface area contributed by atoms with Gasteiger partial charge in [-0.15, -0.1) is 24.0 Å². The maximum absolute atomic E-state index is 12.2. The Kier molecular flexibility index (Phi) is 11.7. The summed E-state index contributed by atoms with van der Waals surface area (Å²) < 4.78 is 55.7. The number of sulfonamides is 1. The van der Waals surface area contributed by atoms with Gasteiger partial charge in [-0.25, -0.2) is 13.1 Å². The minimum atomic E-state index is -3.44. The Morgan fingerprint density at radius 2 is 1.74 bits per heavy atom. The molecule has 0 fully saturated rings. The molecule has 2 aromatic carbocycles. The summed E-state index contributed by atoms with van der Waals surface area (Å²) in [6.07, 6.45) is 0.